The normalized spacial score (nSPS) is 16.0. The minimum absolute atomic E-state index is 0.0216. The number of hydrogen-bond donors (Lipinski definition) is 2. The Morgan fingerprint density at radius 1 is 1.45 bits per heavy atom. The number of aromatic nitrogens is 1. The summed E-state index contributed by atoms with van der Waals surface area (Å²) >= 11 is 6.09. The van der Waals surface area contributed by atoms with Crippen molar-refractivity contribution in [2.75, 3.05) is 25.0 Å². The summed E-state index contributed by atoms with van der Waals surface area (Å²) in [6, 6.07) is 1.40. The molecule has 1 aromatic rings. The van der Waals surface area contributed by atoms with Crippen LogP contribution in [0.4, 0.5) is 5.82 Å². The van der Waals surface area contributed by atoms with Gasteiger partial charge in [0.05, 0.1) is 10.6 Å². The highest BCUT2D eigenvalue weighted by Gasteiger charge is 2.26. The van der Waals surface area contributed by atoms with E-state index in [0.29, 0.717) is 23.9 Å². The molecule has 108 valence electrons. The molecule has 1 aliphatic rings. The van der Waals surface area contributed by atoms with Crippen LogP contribution >= 0.6 is 11.6 Å². The smallest absolute Gasteiger partial charge is 0.337 e. The maximum absolute atomic E-state index is 11.6. The Hall–Kier alpha value is -1.82. The zero-order chi connectivity index (χ0) is 14.7. The molecule has 1 amide bonds. The number of hydrogen-bond acceptors (Lipinski definition) is 4. The van der Waals surface area contributed by atoms with E-state index < -0.39 is 5.97 Å². The first-order chi connectivity index (χ1) is 9.52. The molecule has 0 saturated carbocycles. The van der Waals surface area contributed by atoms with Crippen molar-refractivity contribution in [2.24, 2.45) is 5.92 Å². The summed E-state index contributed by atoms with van der Waals surface area (Å²) in [6.45, 7) is 1.36. The van der Waals surface area contributed by atoms with Crippen LogP contribution in [0.15, 0.2) is 12.3 Å². The van der Waals surface area contributed by atoms with Gasteiger partial charge in [-0.15, -0.1) is 0 Å². The highest BCUT2D eigenvalue weighted by atomic mass is 35.5. The van der Waals surface area contributed by atoms with Gasteiger partial charge in [-0.05, 0) is 18.9 Å². The highest BCUT2D eigenvalue weighted by Crippen LogP contribution is 2.28. The first-order valence-electron chi connectivity index (χ1n) is 6.38. The summed E-state index contributed by atoms with van der Waals surface area (Å²) in [5.74, 6) is -0.394. The van der Waals surface area contributed by atoms with Gasteiger partial charge in [-0.25, -0.2) is 9.78 Å². The number of nitrogens with one attached hydrogen (secondary N) is 1. The monoisotopic (exact) mass is 297 g/mol. The molecule has 6 nitrogen and oxygen atoms in total. The van der Waals surface area contributed by atoms with Gasteiger partial charge in [0.2, 0.25) is 5.91 Å². The van der Waals surface area contributed by atoms with Crippen LogP contribution in [0.25, 0.3) is 0 Å². The Morgan fingerprint density at radius 3 is 2.60 bits per heavy atom. The predicted octanol–water partition coefficient (Wildman–Crippen LogP) is 1.40. The molecule has 0 atom stereocenters. The van der Waals surface area contributed by atoms with Crippen LogP contribution in [0.3, 0.4) is 0 Å². The molecule has 0 aromatic carbocycles. The predicted molar refractivity (Wildman–Crippen MR) is 75.2 cm³/mol. The number of carbonyl (C=O) groups excluding carboxylic acids is 1. The molecule has 1 fully saturated rings. The van der Waals surface area contributed by atoms with Crippen molar-refractivity contribution >= 4 is 29.3 Å². The standard InChI is InChI=1S/C13H16ClN3O3/c1-15-12(18)8-2-4-17(5-3-8)11-10(14)6-9(7-16-11)13(19)20/h6-8H,2-5H2,1H3,(H,15,18)(H,19,20). The molecule has 2 N–H and O–H groups in total. The Morgan fingerprint density at radius 2 is 2.10 bits per heavy atom. The quantitative estimate of drug-likeness (QED) is 0.881. The largest absolute Gasteiger partial charge is 0.478 e. The Balaban J connectivity index is 2.07. The lowest BCUT2D eigenvalue weighted by molar-refractivity contribution is -0.125. The van der Waals surface area contributed by atoms with Gasteiger partial charge in [0.1, 0.15) is 5.82 Å². The van der Waals surface area contributed by atoms with Gasteiger partial charge in [-0.1, -0.05) is 11.6 Å². The number of carboxylic acids is 1. The zero-order valence-electron chi connectivity index (χ0n) is 11.1. The molecule has 20 heavy (non-hydrogen) atoms. The number of pyridine rings is 1. The number of amides is 1. The van der Waals surface area contributed by atoms with Crippen molar-refractivity contribution in [3.05, 3.63) is 22.8 Å². The van der Waals surface area contributed by atoms with Crippen LogP contribution in [0, 0.1) is 5.92 Å². The lowest BCUT2D eigenvalue weighted by Gasteiger charge is -2.32. The van der Waals surface area contributed by atoms with E-state index in [1.807, 2.05) is 4.90 Å². The Kier molecular flexibility index (Phi) is 4.44. The number of piperidine rings is 1. The van der Waals surface area contributed by atoms with Crippen molar-refractivity contribution in [3.63, 3.8) is 0 Å². The minimum atomic E-state index is -1.05. The summed E-state index contributed by atoms with van der Waals surface area (Å²) in [6.07, 6.45) is 2.77. The molecule has 7 heteroatoms. The van der Waals surface area contributed by atoms with Gasteiger partial charge in [-0.3, -0.25) is 4.79 Å². The van der Waals surface area contributed by atoms with Crippen molar-refractivity contribution in [3.8, 4) is 0 Å². The van der Waals surface area contributed by atoms with Crippen molar-refractivity contribution < 1.29 is 14.7 Å². The zero-order valence-corrected chi connectivity index (χ0v) is 11.9. The lowest BCUT2D eigenvalue weighted by atomic mass is 9.96. The molecule has 2 heterocycles. The number of carbonyl (C=O) groups is 2. The molecule has 1 aromatic heterocycles. The molecule has 0 spiro atoms. The first-order valence-corrected chi connectivity index (χ1v) is 6.76. The van der Waals surface area contributed by atoms with Crippen LogP contribution in [-0.2, 0) is 4.79 Å². The molecule has 0 radical (unpaired) electrons. The molecule has 0 bridgehead atoms. The molecule has 1 aliphatic heterocycles. The molecular formula is C13H16ClN3O3. The van der Waals surface area contributed by atoms with Gasteiger partial charge in [0.15, 0.2) is 0 Å². The van der Waals surface area contributed by atoms with E-state index >= 15 is 0 Å². The summed E-state index contributed by atoms with van der Waals surface area (Å²) in [7, 11) is 1.64. The second-order valence-corrected chi connectivity index (χ2v) is 5.12. The third-order valence-corrected chi connectivity index (χ3v) is 3.76. The molecule has 0 unspecified atom stereocenters. The molecule has 2 rings (SSSR count). The maximum atomic E-state index is 11.6. The van der Waals surface area contributed by atoms with Gasteiger partial charge in [0.25, 0.3) is 0 Å². The van der Waals surface area contributed by atoms with Gasteiger partial charge in [0, 0.05) is 32.3 Å². The Labute approximate surface area is 121 Å². The number of rotatable bonds is 3. The number of halogens is 1. The van der Waals surface area contributed by atoms with E-state index in [0.717, 1.165) is 12.8 Å². The van der Waals surface area contributed by atoms with E-state index in [-0.39, 0.29) is 17.4 Å². The van der Waals surface area contributed by atoms with Crippen LogP contribution in [0.5, 0.6) is 0 Å². The summed E-state index contributed by atoms with van der Waals surface area (Å²) < 4.78 is 0. The van der Waals surface area contributed by atoms with E-state index in [2.05, 4.69) is 10.3 Å². The number of carboxylic acid groups (broad SMARTS) is 1. The average molecular weight is 298 g/mol. The lowest BCUT2D eigenvalue weighted by Crippen LogP contribution is -2.40. The van der Waals surface area contributed by atoms with Crippen LogP contribution in [0.1, 0.15) is 23.2 Å². The third kappa shape index (κ3) is 3.01. The van der Waals surface area contributed by atoms with Gasteiger partial charge in [-0.2, -0.15) is 0 Å². The fourth-order valence-electron chi connectivity index (χ4n) is 2.34. The van der Waals surface area contributed by atoms with Crippen LogP contribution < -0.4 is 10.2 Å². The maximum Gasteiger partial charge on any atom is 0.337 e. The van der Waals surface area contributed by atoms with Crippen LogP contribution in [-0.4, -0.2) is 42.1 Å². The van der Waals surface area contributed by atoms with E-state index in [1.54, 1.807) is 7.05 Å². The molecular weight excluding hydrogens is 282 g/mol. The van der Waals surface area contributed by atoms with Gasteiger partial charge < -0.3 is 15.3 Å². The van der Waals surface area contributed by atoms with E-state index in [9.17, 15) is 9.59 Å². The summed E-state index contributed by atoms with van der Waals surface area (Å²) in [5, 5.41) is 11.9. The van der Waals surface area contributed by atoms with E-state index in [1.165, 1.54) is 12.3 Å². The highest BCUT2D eigenvalue weighted by molar-refractivity contribution is 6.33. The molecule has 0 aliphatic carbocycles. The number of aromatic carboxylic acids is 1. The van der Waals surface area contributed by atoms with E-state index in [4.69, 9.17) is 16.7 Å². The second-order valence-electron chi connectivity index (χ2n) is 4.71. The minimum Gasteiger partial charge on any atom is -0.478 e. The summed E-state index contributed by atoms with van der Waals surface area (Å²) in [4.78, 5) is 28.5. The number of nitrogens with zero attached hydrogens (tertiary/aromatic N) is 2. The van der Waals surface area contributed by atoms with Crippen molar-refractivity contribution in [2.45, 2.75) is 12.8 Å². The SMILES string of the molecule is CNC(=O)C1CCN(c2ncc(C(=O)O)cc2Cl)CC1. The fourth-order valence-corrected chi connectivity index (χ4v) is 2.62. The number of anilines is 1. The van der Waals surface area contributed by atoms with Crippen molar-refractivity contribution in [1.82, 2.24) is 10.3 Å². The Bertz CT molecular complexity index is 528. The fraction of sp³-hybridized carbons (Fsp3) is 0.462. The van der Waals surface area contributed by atoms with Gasteiger partial charge >= 0.3 is 5.97 Å². The van der Waals surface area contributed by atoms with Crippen LogP contribution in [0.2, 0.25) is 5.02 Å². The summed E-state index contributed by atoms with van der Waals surface area (Å²) in [5.41, 5.74) is 0.0685. The third-order valence-electron chi connectivity index (χ3n) is 3.48. The topological polar surface area (TPSA) is 82.5 Å². The first kappa shape index (κ1) is 14.6. The average Bonchev–Trinajstić information content (AvgIpc) is 2.46. The molecule has 1 saturated heterocycles. The van der Waals surface area contributed by atoms with Crippen molar-refractivity contribution in [1.29, 1.82) is 0 Å². The second kappa shape index (κ2) is 6.09.